The topological polar surface area (TPSA) is 92.5 Å². The minimum absolute atomic E-state index is 0.428. The highest BCUT2D eigenvalue weighted by Crippen LogP contribution is 2.20. The highest BCUT2D eigenvalue weighted by Gasteiger charge is 2.10. The van der Waals surface area contributed by atoms with Gasteiger partial charge in [0.15, 0.2) is 0 Å². The molecule has 3 aromatic rings. The Labute approximate surface area is 121 Å². The number of pyridine rings is 1. The Bertz CT molecular complexity index is 690. The molecule has 0 fully saturated rings. The molecule has 0 amide bonds. The minimum atomic E-state index is 0.428. The van der Waals surface area contributed by atoms with E-state index in [4.69, 9.17) is 4.42 Å². The molecule has 0 atom stereocenters. The van der Waals surface area contributed by atoms with Crippen LogP contribution >= 0.6 is 0 Å². The summed E-state index contributed by atoms with van der Waals surface area (Å²) in [6.45, 7) is 2.62. The number of aromatic amines is 1. The van der Waals surface area contributed by atoms with Crippen molar-refractivity contribution in [3.63, 3.8) is 0 Å². The highest BCUT2D eigenvalue weighted by atomic mass is 16.4. The monoisotopic (exact) mass is 284 g/mol. The number of aromatic nitrogens is 5. The second-order valence-corrected chi connectivity index (χ2v) is 4.62. The molecule has 0 saturated heterocycles. The summed E-state index contributed by atoms with van der Waals surface area (Å²) in [5, 5.41) is 18.1. The molecule has 0 saturated carbocycles. The van der Waals surface area contributed by atoms with E-state index in [1.165, 1.54) is 0 Å². The lowest BCUT2D eigenvalue weighted by Gasteiger charge is -2.03. The molecule has 3 rings (SSSR count). The molecule has 0 aliphatic rings. The largest absolute Gasteiger partial charge is 0.408 e. The summed E-state index contributed by atoms with van der Waals surface area (Å²) < 4.78 is 5.49. The van der Waals surface area contributed by atoms with Crippen LogP contribution in [0.3, 0.4) is 0 Å². The predicted octanol–water partition coefficient (Wildman–Crippen LogP) is 2.42. The van der Waals surface area contributed by atoms with Crippen molar-refractivity contribution in [2.75, 3.05) is 5.32 Å². The third-order valence-electron chi connectivity index (χ3n) is 3.03. The molecule has 0 unspecified atom stereocenters. The van der Waals surface area contributed by atoms with Gasteiger partial charge in [-0.05, 0) is 18.6 Å². The van der Waals surface area contributed by atoms with E-state index in [-0.39, 0.29) is 0 Å². The summed E-state index contributed by atoms with van der Waals surface area (Å²) >= 11 is 0. The fourth-order valence-electron chi connectivity index (χ4n) is 2.02. The zero-order valence-electron chi connectivity index (χ0n) is 11.7. The van der Waals surface area contributed by atoms with Crippen LogP contribution in [-0.4, -0.2) is 25.4 Å². The van der Waals surface area contributed by atoms with Gasteiger partial charge in [-0.1, -0.05) is 12.0 Å². The van der Waals surface area contributed by atoms with Gasteiger partial charge < -0.3 is 9.73 Å². The van der Waals surface area contributed by atoms with Crippen LogP contribution in [0.4, 0.5) is 6.01 Å². The van der Waals surface area contributed by atoms with Crippen LogP contribution in [0.25, 0.3) is 11.3 Å². The Morgan fingerprint density at radius 3 is 3.05 bits per heavy atom. The van der Waals surface area contributed by atoms with Crippen molar-refractivity contribution < 1.29 is 4.42 Å². The fraction of sp³-hybridized carbons (Fsp3) is 0.286. The van der Waals surface area contributed by atoms with Crippen molar-refractivity contribution in [1.29, 1.82) is 0 Å². The second kappa shape index (κ2) is 6.17. The van der Waals surface area contributed by atoms with Crippen LogP contribution in [-0.2, 0) is 13.0 Å². The van der Waals surface area contributed by atoms with E-state index in [1.807, 2.05) is 12.1 Å². The van der Waals surface area contributed by atoms with Gasteiger partial charge in [0.2, 0.25) is 5.89 Å². The van der Waals surface area contributed by atoms with Crippen LogP contribution in [0, 0.1) is 0 Å². The van der Waals surface area contributed by atoms with Gasteiger partial charge in [0.25, 0.3) is 0 Å². The molecule has 3 aromatic heterocycles. The Kier molecular flexibility index (Phi) is 3.90. The van der Waals surface area contributed by atoms with Crippen molar-refractivity contribution in [2.24, 2.45) is 0 Å². The molecule has 21 heavy (non-hydrogen) atoms. The molecule has 0 bridgehead atoms. The maximum Gasteiger partial charge on any atom is 0.315 e. The third-order valence-corrected chi connectivity index (χ3v) is 3.03. The average molecular weight is 284 g/mol. The molecule has 0 spiro atoms. The maximum atomic E-state index is 5.49. The number of aryl methyl sites for hydroxylation is 1. The van der Waals surface area contributed by atoms with Gasteiger partial charge in [-0.15, -0.1) is 5.10 Å². The minimum Gasteiger partial charge on any atom is -0.408 e. The van der Waals surface area contributed by atoms with Gasteiger partial charge in [0.1, 0.15) is 0 Å². The first-order chi connectivity index (χ1) is 10.4. The van der Waals surface area contributed by atoms with Gasteiger partial charge in [0.05, 0.1) is 11.9 Å². The van der Waals surface area contributed by atoms with E-state index in [1.54, 1.807) is 18.6 Å². The second-order valence-electron chi connectivity index (χ2n) is 4.62. The van der Waals surface area contributed by atoms with Crippen LogP contribution in [0.15, 0.2) is 35.1 Å². The molecule has 108 valence electrons. The van der Waals surface area contributed by atoms with Crippen LogP contribution in [0.5, 0.6) is 0 Å². The number of hydrogen-bond acceptors (Lipinski definition) is 6. The normalized spacial score (nSPS) is 10.7. The van der Waals surface area contributed by atoms with Crippen LogP contribution in [0.1, 0.15) is 24.8 Å². The van der Waals surface area contributed by atoms with Gasteiger partial charge >= 0.3 is 6.01 Å². The first-order valence-corrected chi connectivity index (χ1v) is 6.85. The van der Waals surface area contributed by atoms with Crippen molar-refractivity contribution in [3.05, 3.63) is 42.2 Å². The third kappa shape index (κ3) is 3.07. The van der Waals surface area contributed by atoms with Gasteiger partial charge in [0, 0.05) is 36.5 Å². The number of hydrogen-bond donors (Lipinski definition) is 2. The number of anilines is 1. The molecule has 0 radical (unpaired) electrons. The summed E-state index contributed by atoms with van der Waals surface area (Å²) in [5.41, 5.74) is 2.94. The van der Waals surface area contributed by atoms with Crippen LogP contribution in [0.2, 0.25) is 0 Å². The molecule has 0 aliphatic heterocycles. The molecule has 3 heterocycles. The number of nitrogens with zero attached hydrogens (tertiary/aromatic N) is 4. The zero-order chi connectivity index (χ0) is 14.5. The molecule has 2 N–H and O–H groups in total. The van der Waals surface area contributed by atoms with E-state index in [0.29, 0.717) is 18.5 Å². The maximum absolute atomic E-state index is 5.49. The van der Waals surface area contributed by atoms with E-state index in [2.05, 4.69) is 37.6 Å². The van der Waals surface area contributed by atoms with E-state index >= 15 is 0 Å². The van der Waals surface area contributed by atoms with Crippen molar-refractivity contribution in [2.45, 2.75) is 26.3 Å². The Morgan fingerprint density at radius 2 is 2.24 bits per heavy atom. The van der Waals surface area contributed by atoms with Crippen molar-refractivity contribution in [1.82, 2.24) is 25.4 Å². The summed E-state index contributed by atoms with van der Waals surface area (Å²) in [7, 11) is 0. The van der Waals surface area contributed by atoms with Gasteiger partial charge in [-0.3, -0.25) is 10.1 Å². The standard InChI is InChI=1S/C14H16N6O/c1-2-4-12-18-20-14(21-12)16-8-11-9-17-19-13(11)10-5-3-6-15-7-10/h3,5-7,9H,2,4,8H2,1H3,(H,16,20)(H,17,19). The smallest absolute Gasteiger partial charge is 0.315 e. The van der Waals surface area contributed by atoms with Crippen LogP contribution < -0.4 is 5.32 Å². The fourth-order valence-corrected chi connectivity index (χ4v) is 2.02. The zero-order valence-corrected chi connectivity index (χ0v) is 11.7. The lowest BCUT2D eigenvalue weighted by Crippen LogP contribution is -2.00. The predicted molar refractivity (Wildman–Crippen MR) is 77.4 cm³/mol. The SMILES string of the molecule is CCCc1nnc(NCc2cn[nH]c2-c2cccnc2)o1. The lowest BCUT2D eigenvalue weighted by atomic mass is 10.1. The molecular weight excluding hydrogens is 268 g/mol. The quantitative estimate of drug-likeness (QED) is 0.722. The molecule has 7 nitrogen and oxygen atoms in total. The van der Waals surface area contributed by atoms with E-state index in [0.717, 1.165) is 29.7 Å². The van der Waals surface area contributed by atoms with E-state index in [9.17, 15) is 0 Å². The van der Waals surface area contributed by atoms with Gasteiger partial charge in [-0.25, -0.2) is 0 Å². The number of nitrogens with one attached hydrogen (secondary N) is 2. The number of rotatable bonds is 6. The number of H-pyrrole nitrogens is 1. The Balaban J connectivity index is 1.70. The van der Waals surface area contributed by atoms with Crippen molar-refractivity contribution >= 4 is 6.01 Å². The Morgan fingerprint density at radius 1 is 1.29 bits per heavy atom. The Hall–Kier alpha value is -2.70. The average Bonchev–Trinajstić information content (AvgIpc) is 3.15. The first-order valence-electron chi connectivity index (χ1n) is 6.85. The molecular formula is C14H16N6O. The van der Waals surface area contributed by atoms with E-state index < -0.39 is 0 Å². The lowest BCUT2D eigenvalue weighted by molar-refractivity contribution is 0.501. The summed E-state index contributed by atoms with van der Waals surface area (Å²) in [5.74, 6) is 0.652. The van der Waals surface area contributed by atoms with Crippen molar-refractivity contribution in [3.8, 4) is 11.3 Å². The summed E-state index contributed by atoms with van der Waals surface area (Å²) in [4.78, 5) is 4.11. The molecule has 0 aromatic carbocycles. The summed E-state index contributed by atoms with van der Waals surface area (Å²) in [6, 6.07) is 4.30. The summed E-state index contributed by atoms with van der Waals surface area (Å²) in [6.07, 6.45) is 7.09. The van der Waals surface area contributed by atoms with Gasteiger partial charge in [-0.2, -0.15) is 5.10 Å². The first kappa shape index (κ1) is 13.3. The molecule has 7 heteroatoms. The molecule has 0 aliphatic carbocycles. The highest BCUT2D eigenvalue weighted by molar-refractivity contribution is 5.61.